The average Bonchev–Trinajstić information content (AvgIpc) is 3.47. The average molecular weight is 723 g/mol. The van der Waals surface area contributed by atoms with E-state index in [1.165, 1.54) is 105 Å². The van der Waals surface area contributed by atoms with Gasteiger partial charge in [0.1, 0.15) is 0 Å². The van der Waals surface area contributed by atoms with Crippen LogP contribution in [0, 0.1) is 6.92 Å². The molecule has 0 saturated heterocycles. The molecule has 2 heterocycles. The van der Waals surface area contributed by atoms with Crippen molar-refractivity contribution in [1.82, 2.24) is 0 Å². The molecule has 0 atom stereocenters. The van der Waals surface area contributed by atoms with Gasteiger partial charge in [0.15, 0.2) is 0 Å². The SMILES string of the molecule is Cc1cccc(-c2c3ccc(N4CCCc5ccccc54)cc3c(-c3ccc4c(c3)C(C)(C)c3ccccc3-4)c3ccc(N4CCCc5ccccc54)cc23)c1. The highest BCUT2D eigenvalue weighted by Crippen LogP contribution is 2.52. The monoisotopic (exact) mass is 722 g/mol. The molecule has 0 unspecified atom stereocenters. The second-order valence-electron chi connectivity index (χ2n) is 16.8. The standard InChI is InChI=1S/C54H46N2/c1-35-13-10-16-38(31-35)52-44-27-24-41(56-30-12-18-37-15-5-9-22-51(37)56)34-47(44)53(39-23-26-43-42-19-6-7-20-48(42)54(2,3)49(43)32-39)45-28-25-40(33-46(45)52)55-29-11-17-36-14-4-8-21-50(36)55/h4-10,13-16,19-28,31-34H,11-12,17-18,29-30H2,1-3H3. The number of nitrogens with zero attached hydrogens (tertiary/aromatic N) is 2. The summed E-state index contributed by atoms with van der Waals surface area (Å²) >= 11 is 0. The molecule has 1 aliphatic carbocycles. The summed E-state index contributed by atoms with van der Waals surface area (Å²) in [5, 5.41) is 5.20. The Morgan fingerprint density at radius 1 is 0.446 bits per heavy atom. The van der Waals surface area contributed by atoms with Crippen molar-refractivity contribution in [1.29, 1.82) is 0 Å². The smallest absolute Gasteiger partial charge is 0.0443 e. The van der Waals surface area contributed by atoms with Crippen LogP contribution in [0.15, 0.2) is 152 Å². The predicted octanol–water partition coefficient (Wildman–Crippen LogP) is 14.1. The summed E-state index contributed by atoms with van der Waals surface area (Å²) in [6, 6.07) is 58.0. The maximum atomic E-state index is 2.55. The van der Waals surface area contributed by atoms with Gasteiger partial charge < -0.3 is 9.80 Å². The van der Waals surface area contributed by atoms with Crippen molar-refractivity contribution < 1.29 is 0 Å². The summed E-state index contributed by atoms with van der Waals surface area (Å²) in [6.45, 7) is 9.04. The maximum Gasteiger partial charge on any atom is 0.0443 e. The fourth-order valence-corrected chi connectivity index (χ4v) is 10.4. The number of hydrogen-bond donors (Lipinski definition) is 0. The fraction of sp³-hybridized carbons (Fsp3) is 0.185. The minimum absolute atomic E-state index is 0.0907. The molecule has 2 heteroatoms. The molecule has 56 heavy (non-hydrogen) atoms. The first-order valence-electron chi connectivity index (χ1n) is 20.5. The molecule has 0 N–H and O–H groups in total. The van der Waals surface area contributed by atoms with Crippen LogP contribution < -0.4 is 9.80 Å². The van der Waals surface area contributed by atoms with Gasteiger partial charge in [0.2, 0.25) is 0 Å². The summed E-state index contributed by atoms with van der Waals surface area (Å²) in [5.41, 5.74) is 20.0. The van der Waals surface area contributed by atoms with Crippen molar-refractivity contribution in [3.8, 4) is 33.4 Å². The molecule has 8 aromatic rings. The van der Waals surface area contributed by atoms with Crippen LogP contribution >= 0.6 is 0 Å². The number of fused-ring (bicyclic) bond motifs is 7. The van der Waals surface area contributed by atoms with Crippen molar-refractivity contribution in [2.24, 2.45) is 0 Å². The third kappa shape index (κ3) is 5.08. The second kappa shape index (κ2) is 12.7. The molecule has 0 radical (unpaired) electrons. The lowest BCUT2D eigenvalue weighted by atomic mass is 9.80. The molecule has 3 aliphatic rings. The van der Waals surface area contributed by atoms with E-state index in [1.807, 2.05) is 0 Å². The maximum absolute atomic E-state index is 2.55. The highest BCUT2D eigenvalue weighted by Gasteiger charge is 2.35. The highest BCUT2D eigenvalue weighted by molar-refractivity contribution is 6.22. The van der Waals surface area contributed by atoms with E-state index in [1.54, 1.807) is 0 Å². The number of para-hydroxylation sites is 2. The molecular formula is C54H46N2. The van der Waals surface area contributed by atoms with Crippen molar-refractivity contribution in [2.75, 3.05) is 22.9 Å². The Hall–Kier alpha value is -6.12. The molecule has 0 spiro atoms. The molecule has 0 fully saturated rings. The lowest BCUT2D eigenvalue weighted by Gasteiger charge is -2.32. The van der Waals surface area contributed by atoms with E-state index in [0.29, 0.717) is 0 Å². The van der Waals surface area contributed by atoms with Crippen molar-refractivity contribution >= 4 is 44.3 Å². The fourth-order valence-electron chi connectivity index (χ4n) is 10.4. The first kappa shape index (κ1) is 33.2. The zero-order valence-electron chi connectivity index (χ0n) is 32.6. The summed E-state index contributed by atoms with van der Waals surface area (Å²) in [5.74, 6) is 0. The van der Waals surface area contributed by atoms with Crippen molar-refractivity contribution in [3.05, 3.63) is 179 Å². The van der Waals surface area contributed by atoms with Crippen molar-refractivity contribution in [3.63, 3.8) is 0 Å². The van der Waals surface area contributed by atoms with Crippen LogP contribution in [-0.4, -0.2) is 13.1 Å². The highest BCUT2D eigenvalue weighted by atomic mass is 15.1. The van der Waals surface area contributed by atoms with Gasteiger partial charge in [0.05, 0.1) is 0 Å². The summed E-state index contributed by atoms with van der Waals surface area (Å²) < 4.78 is 0. The van der Waals surface area contributed by atoms with E-state index in [-0.39, 0.29) is 5.41 Å². The van der Waals surface area contributed by atoms with Gasteiger partial charge in [-0.2, -0.15) is 0 Å². The lowest BCUT2D eigenvalue weighted by Crippen LogP contribution is -2.24. The molecule has 0 saturated carbocycles. The van der Waals surface area contributed by atoms with Crippen LogP contribution in [0.1, 0.15) is 54.5 Å². The van der Waals surface area contributed by atoms with Gasteiger partial charge in [-0.3, -0.25) is 0 Å². The first-order valence-corrected chi connectivity index (χ1v) is 20.5. The molecule has 0 aromatic heterocycles. The van der Waals surface area contributed by atoms with Gasteiger partial charge in [0.25, 0.3) is 0 Å². The summed E-state index contributed by atoms with van der Waals surface area (Å²) in [7, 11) is 0. The normalized spacial score (nSPS) is 15.4. The Kier molecular flexibility index (Phi) is 7.55. The molecular weight excluding hydrogens is 677 g/mol. The van der Waals surface area contributed by atoms with Gasteiger partial charge in [-0.1, -0.05) is 129 Å². The second-order valence-corrected chi connectivity index (χ2v) is 16.8. The van der Waals surface area contributed by atoms with Crippen LogP contribution in [0.3, 0.4) is 0 Å². The van der Waals surface area contributed by atoms with E-state index in [0.717, 1.165) is 38.8 Å². The molecule has 0 bridgehead atoms. The molecule has 11 rings (SSSR count). The summed E-state index contributed by atoms with van der Waals surface area (Å²) in [6.07, 6.45) is 4.56. The predicted molar refractivity (Wildman–Crippen MR) is 238 cm³/mol. The zero-order chi connectivity index (χ0) is 37.5. The minimum atomic E-state index is -0.0907. The third-order valence-electron chi connectivity index (χ3n) is 13.1. The van der Waals surface area contributed by atoms with Crippen LogP contribution in [-0.2, 0) is 18.3 Å². The van der Waals surface area contributed by atoms with Gasteiger partial charge in [-0.25, -0.2) is 0 Å². The van der Waals surface area contributed by atoms with Gasteiger partial charge in [-0.15, -0.1) is 0 Å². The van der Waals surface area contributed by atoms with E-state index >= 15 is 0 Å². The van der Waals surface area contributed by atoms with Crippen molar-refractivity contribution in [2.45, 2.75) is 51.9 Å². The Bertz CT molecular complexity index is 2880. The Balaban J connectivity index is 1.22. The largest absolute Gasteiger partial charge is 0.341 e. The molecule has 272 valence electrons. The molecule has 8 aromatic carbocycles. The number of rotatable bonds is 4. The van der Waals surface area contributed by atoms with Gasteiger partial charge in [0, 0.05) is 41.3 Å². The Morgan fingerprint density at radius 3 is 1.62 bits per heavy atom. The van der Waals surface area contributed by atoms with Crippen LogP contribution in [0.25, 0.3) is 54.9 Å². The summed E-state index contributed by atoms with van der Waals surface area (Å²) in [4.78, 5) is 5.10. The Labute approximate surface area is 330 Å². The molecule has 2 aliphatic heterocycles. The third-order valence-corrected chi connectivity index (χ3v) is 13.1. The quantitative estimate of drug-likeness (QED) is 0.167. The number of anilines is 4. The molecule has 0 amide bonds. The number of aryl methyl sites for hydroxylation is 3. The topological polar surface area (TPSA) is 6.48 Å². The van der Waals surface area contributed by atoms with E-state index < -0.39 is 0 Å². The minimum Gasteiger partial charge on any atom is -0.341 e. The van der Waals surface area contributed by atoms with Gasteiger partial charge >= 0.3 is 0 Å². The van der Waals surface area contributed by atoms with E-state index in [2.05, 4.69) is 182 Å². The lowest BCUT2D eigenvalue weighted by molar-refractivity contribution is 0.660. The van der Waals surface area contributed by atoms with Gasteiger partial charge in [-0.05, 0) is 152 Å². The number of hydrogen-bond acceptors (Lipinski definition) is 2. The Morgan fingerprint density at radius 2 is 1.00 bits per heavy atom. The number of benzene rings is 8. The van der Waals surface area contributed by atoms with Crippen LogP contribution in [0.2, 0.25) is 0 Å². The zero-order valence-corrected chi connectivity index (χ0v) is 32.6. The molecule has 2 nitrogen and oxygen atoms in total. The first-order chi connectivity index (χ1) is 27.4. The van der Waals surface area contributed by atoms with E-state index in [9.17, 15) is 0 Å². The van der Waals surface area contributed by atoms with E-state index in [4.69, 9.17) is 0 Å². The van der Waals surface area contributed by atoms with Crippen LogP contribution in [0.4, 0.5) is 22.7 Å². The van der Waals surface area contributed by atoms with Crippen LogP contribution in [0.5, 0.6) is 0 Å².